The topological polar surface area (TPSA) is 71.5 Å². The van der Waals surface area contributed by atoms with Crippen molar-refractivity contribution in [2.24, 2.45) is 0 Å². The highest BCUT2D eigenvalue weighted by atomic mass is 32.1. The lowest BCUT2D eigenvalue weighted by Gasteiger charge is -2.26. The molecule has 2 amide bonds. The number of para-hydroxylation sites is 2. The predicted molar refractivity (Wildman–Crippen MR) is 126 cm³/mol. The molecule has 1 aliphatic rings. The number of thiazole rings is 1. The molecule has 0 atom stereocenters. The Bertz CT molecular complexity index is 1250. The van der Waals surface area contributed by atoms with Gasteiger partial charge in [-0.15, -0.1) is 0 Å². The first-order valence-electron chi connectivity index (χ1n) is 10.1. The SMILES string of the molecule is O=C(Nc1nc2c(s1)CN(C(=O)c1ccccc1Oc1ccccc1)CC2)c1ccsc1. The van der Waals surface area contributed by atoms with Crippen molar-refractivity contribution in [3.8, 4) is 11.5 Å². The number of anilines is 1. The van der Waals surface area contributed by atoms with E-state index < -0.39 is 0 Å². The molecule has 2 aromatic carbocycles. The van der Waals surface area contributed by atoms with Gasteiger partial charge in [0.2, 0.25) is 0 Å². The van der Waals surface area contributed by atoms with Crippen molar-refractivity contribution < 1.29 is 14.3 Å². The highest BCUT2D eigenvalue weighted by Crippen LogP contribution is 2.31. The molecule has 6 nitrogen and oxygen atoms in total. The maximum absolute atomic E-state index is 13.3. The summed E-state index contributed by atoms with van der Waals surface area (Å²) >= 11 is 2.90. The molecule has 0 aliphatic carbocycles. The maximum Gasteiger partial charge on any atom is 0.258 e. The first-order chi connectivity index (χ1) is 15.7. The number of nitrogens with one attached hydrogen (secondary N) is 1. The molecule has 160 valence electrons. The number of hydrogen-bond acceptors (Lipinski definition) is 6. The van der Waals surface area contributed by atoms with Crippen LogP contribution in [0.5, 0.6) is 11.5 Å². The average molecular weight is 462 g/mol. The van der Waals surface area contributed by atoms with E-state index in [0.717, 1.165) is 10.6 Å². The molecule has 0 saturated carbocycles. The second kappa shape index (κ2) is 8.94. The summed E-state index contributed by atoms with van der Waals surface area (Å²) in [5, 5.41) is 7.10. The summed E-state index contributed by atoms with van der Waals surface area (Å²) in [4.78, 5) is 33.0. The number of ether oxygens (including phenoxy) is 1. The van der Waals surface area contributed by atoms with Crippen LogP contribution in [0.1, 0.15) is 31.3 Å². The van der Waals surface area contributed by atoms with E-state index >= 15 is 0 Å². The maximum atomic E-state index is 13.3. The molecule has 0 saturated heterocycles. The Morgan fingerprint density at radius 1 is 1.03 bits per heavy atom. The molecule has 4 aromatic rings. The molecule has 0 spiro atoms. The lowest BCUT2D eigenvalue weighted by atomic mass is 10.1. The quantitative estimate of drug-likeness (QED) is 0.429. The second-order valence-electron chi connectivity index (χ2n) is 7.24. The van der Waals surface area contributed by atoms with Gasteiger partial charge >= 0.3 is 0 Å². The summed E-state index contributed by atoms with van der Waals surface area (Å²) in [5.74, 6) is 0.960. The van der Waals surface area contributed by atoms with Crippen LogP contribution in [0.2, 0.25) is 0 Å². The number of hydrogen-bond donors (Lipinski definition) is 1. The Morgan fingerprint density at radius 2 is 1.84 bits per heavy atom. The molecule has 2 aromatic heterocycles. The highest BCUT2D eigenvalue weighted by Gasteiger charge is 2.27. The molecule has 0 unspecified atom stereocenters. The Morgan fingerprint density at radius 3 is 2.66 bits per heavy atom. The summed E-state index contributed by atoms with van der Waals surface area (Å²) in [5.41, 5.74) is 2.08. The van der Waals surface area contributed by atoms with Crippen LogP contribution in [0.4, 0.5) is 5.13 Å². The van der Waals surface area contributed by atoms with Crippen LogP contribution in [-0.2, 0) is 13.0 Å². The predicted octanol–water partition coefficient (Wildman–Crippen LogP) is 5.45. The van der Waals surface area contributed by atoms with Gasteiger partial charge < -0.3 is 9.64 Å². The number of thiophene rings is 1. The molecule has 8 heteroatoms. The highest BCUT2D eigenvalue weighted by molar-refractivity contribution is 7.16. The van der Waals surface area contributed by atoms with Crippen molar-refractivity contribution >= 4 is 39.6 Å². The zero-order valence-electron chi connectivity index (χ0n) is 17.0. The summed E-state index contributed by atoms with van der Waals surface area (Å²) in [7, 11) is 0. The van der Waals surface area contributed by atoms with Gasteiger partial charge in [-0.3, -0.25) is 14.9 Å². The smallest absolute Gasteiger partial charge is 0.258 e. The molecule has 1 aliphatic heterocycles. The van der Waals surface area contributed by atoms with Crippen LogP contribution in [0.3, 0.4) is 0 Å². The Hall–Kier alpha value is -3.49. The fourth-order valence-electron chi connectivity index (χ4n) is 3.50. The third-order valence-electron chi connectivity index (χ3n) is 5.11. The number of benzene rings is 2. The standard InChI is InChI=1S/C24H19N3O3S2/c28-22(16-11-13-31-15-16)26-24-25-19-10-12-27(14-21(19)32-24)23(29)18-8-4-5-9-20(18)30-17-6-2-1-3-7-17/h1-9,11,13,15H,10,12,14H2,(H,25,26,28). The van der Waals surface area contributed by atoms with E-state index in [9.17, 15) is 9.59 Å². The summed E-state index contributed by atoms with van der Waals surface area (Å²) in [6, 6.07) is 18.5. The van der Waals surface area contributed by atoms with Crippen molar-refractivity contribution in [1.29, 1.82) is 0 Å². The summed E-state index contributed by atoms with van der Waals surface area (Å²) < 4.78 is 5.97. The van der Waals surface area contributed by atoms with Gasteiger partial charge in [0, 0.05) is 23.2 Å². The van der Waals surface area contributed by atoms with Crippen molar-refractivity contribution in [3.63, 3.8) is 0 Å². The van der Waals surface area contributed by atoms with Crippen molar-refractivity contribution in [2.75, 3.05) is 11.9 Å². The Labute approximate surface area is 193 Å². The van der Waals surface area contributed by atoms with E-state index in [0.29, 0.717) is 47.3 Å². The van der Waals surface area contributed by atoms with Crippen molar-refractivity contribution in [3.05, 3.63) is 93.1 Å². The van der Waals surface area contributed by atoms with Gasteiger partial charge in [-0.25, -0.2) is 4.98 Å². The number of carbonyl (C=O) groups is 2. The third kappa shape index (κ3) is 4.28. The van der Waals surface area contributed by atoms with Crippen LogP contribution < -0.4 is 10.1 Å². The molecule has 3 heterocycles. The number of nitrogens with zero attached hydrogens (tertiary/aromatic N) is 2. The van der Waals surface area contributed by atoms with Gasteiger partial charge in [0.05, 0.1) is 23.4 Å². The first kappa shape index (κ1) is 20.4. The lowest BCUT2D eigenvalue weighted by Crippen LogP contribution is -2.35. The van der Waals surface area contributed by atoms with Crippen LogP contribution in [0, 0.1) is 0 Å². The fraction of sp³-hybridized carbons (Fsp3) is 0.125. The zero-order valence-corrected chi connectivity index (χ0v) is 18.6. The zero-order chi connectivity index (χ0) is 21.9. The van der Waals surface area contributed by atoms with Gasteiger partial charge in [-0.1, -0.05) is 41.7 Å². The van der Waals surface area contributed by atoms with Crippen LogP contribution in [-0.4, -0.2) is 28.2 Å². The number of aromatic nitrogens is 1. The largest absolute Gasteiger partial charge is 0.457 e. The lowest BCUT2D eigenvalue weighted by molar-refractivity contribution is 0.0733. The van der Waals surface area contributed by atoms with Crippen LogP contribution in [0.25, 0.3) is 0 Å². The van der Waals surface area contributed by atoms with Gasteiger partial charge in [-0.05, 0) is 35.7 Å². The molecule has 5 rings (SSSR count). The van der Waals surface area contributed by atoms with Crippen LogP contribution >= 0.6 is 22.7 Å². The second-order valence-corrected chi connectivity index (χ2v) is 9.11. The van der Waals surface area contributed by atoms with Crippen molar-refractivity contribution in [1.82, 2.24) is 9.88 Å². The number of carbonyl (C=O) groups excluding carboxylic acids is 2. The average Bonchev–Trinajstić information content (AvgIpc) is 3.49. The minimum atomic E-state index is -0.169. The summed E-state index contributed by atoms with van der Waals surface area (Å²) in [6.45, 7) is 1.02. The fourth-order valence-corrected chi connectivity index (χ4v) is 5.16. The summed E-state index contributed by atoms with van der Waals surface area (Å²) in [6.07, 6.45) is 0.646. The number of fused-ring (bicyclic) bond motifs is 1. The van der Waals surface area contributed by atoms with Gasteiger partial charge in [0.25, 0.3) is 11.8 Å². The normalized spacial score (nSPS) is 12.8. The van der Waals surface area contributed by atoms with Crippen molar-refractivity contribution in [2.45, 2.75) is 13.0 Å². The van der Waals surface area contributed by atoms with E-state index in [4.69, 9.17) is 4.74 Å². The third-order valence-corrected chi connectivity index (χ3v) is 6.79. The van der Waals surface area contributed by atoms with Crippen LogP contribution in [0.15, 0.2) is 71.4 Å². The van der Waals surface area contributed by atoms with E-state index in [2.05, 4.69) is 10.3 Å². The van der Waals surface area contributed by atoms with E-state index in [-0.39, 0.29) is 11.8 Å². The Balaban J connectivity index is 1.31. The molecular weight excluding hydrogens is 442 g/mol. The van der Waals surface area contributed by atoms with Gasteiger partial charge in [0.1, 0.15) is 11.5 Å². The monoisotopic (exact) mass is 461 g/mol. The Kier molecular flexibility index (Phi) is 5.70. The van der Waals surface area contributed by atoms with E-state index in [1.807, 2.05) is 47.8 Å². The molecule has 0 radical (unpaired) electrons. The minimum absolute atomic E-state index is 0.0839. The van der Waals surface area contributed by atoms with E-state index in [1.54, 1.807) is 28.5 Å². The van der Waals surface area contributed by atoms with Gasteiger partial charge in [-0.2, -0.15) is 11.3 Å². The molecule has 0 fully saturated rings. The minimum Gasteiger partial charge on any atom is -0.457 e. The molecular formula is C24H19N3O3S2. The number of rotatable bonds is 5. The first-order valence-corrected chi connectivity index (χ1v) is 11.9. The van der Waals surface area contributed by atoms with E-state index in [1.165, 1.54) is 22.7 Å². The molecule has 0 bridgehead atoms. The molecule has 32 heavy (non-hydrogen) atoms. The molecule has 1 N–H and O–H groups in total. The van der Waals surface area contributed by atoms with Gasteiger partial charge in [0.15, 0.2) is 5.13 Å². The number of amides is 2.